The van der Waals surface area contributed by atoms with Gasteiger partial charge in [0.1, 0.15) is 10.6 Å². The molecule has 5 heteroatoms. The average molecular weight is 379 g/mol. The van der Waals surface area contributed by atoms with Gasteiger partial charge in [0.25, 0.3) is 0 Å². The molecular weight excluding hydrogens is 358 g/mol. The number of rotatable bonds is 6. The number of benzene rings is 2. The smallest absolute Gasteiger partial charge is 0.341 e. The fraction of sp³-hybridized carbons (Fsp3) is 0.182. The van der Waals surface area contributed by atoms with Gasteiger partial charge in [-0.2, -0.15) is 0 Å². The third-order valence-electron chi connectivity index (χ3n) is 4.31. The minimum Gasteiger partial charge on any atom is -0.465 e. The SMILES string of the molecule is CCc1ccc(-c2csc(NC(=O)Cc3ccccc3)c2C(=O)OC)cc1. The standard InChI is InChI=1S/C22H21NO3S/c1-3-15-9-11-17(12-10-15)18-14-27-21(20(18)22(25)26-2)23-19(24)13-16-7-5-4-6-8-16/h4-12,14H,3,13H2,1-2H3,(H,23,24). The van der Waals surface area contributed by atoms with Gasteiger partial charge in [-0.15, -0.1) is 11.3 Å². The molecule has 1 heterocycles. The highest BCUT2D eigenvalue weighted by Crippen LogP contribution is 2.36. The molecule has 0 atom stereocenters. The third-order valence-corrected chi connectivity index (χ3v) is 5.21. The maximum absolute atomic E-state index is 12.4. The fourth-order valence-corrected chi connectivity index (χ4v) is 3.81. The Hall–Kier alpha value is -2.92. The fourth-order valence-electron chi connectivity index (χ4n) is 2.84. The van der Waals surface area contributed by atoms with Crippen molar-refractivity contribution in [2.24, 2.45) is 0 Å². The number of hydrogen-bond acceptors (Lipinski definition) is 4. The van der Waals surface area contributed by atoms with E-state index < -0.39 is 5.97 Å². The topological polar surface area (TPSA) is 55.4 Å². The molecule has 0 fully saturated rings. The normalized spacial score (nSPS) is 10.4. The summed E-state index contributed by atoms with van der Waals surface area (Å²) in [5.74, 6) is -0.623. The summed E-state index contributed by atoms with van der Waals surface area (Å²) >= 11 is 1.33. The number of esters is 1. The van der Waals surface area contributed by atoms with E-state index >= 15 is 0 Å². The van der Waals surface area contributed by atoms with Crippen molar-refractivity contribution in [3.63, 3.8) is 0 Å². The van der Waals surface area contributed by atoms with Gasteiger partial charge in [0.2, 0.25) is 5.91 Å². The number of amides is 1. The number of methoxy groups -OCH3 is 1. The highest BCUT2D eigenvalue weighted by molar-refractivity contribution is 7.15. The number of ether oxygens (including phenoxy) is 1. The zero-order valence-corrected chi connectivity index (χ0v) is 16.1. The number of anilines is 1. The van der Waals surface area contributed by atoms with Crippen LogP contribution in [-0.4, -0.2) is 19.0 Å². The van der Waals surface area contributed by atoms with Crippen LogP contribution in [0.5, 0.6) is 0 Å². The highest BCUT2D eigenvalue weighted by atomic mass is 32.1. The van der Waals surface area contributed by atoms with Crippen molar-refractivity contribution in [3.05, 3.63) is 76.7 Å². The van der Waals surface area contributed by atoms with E-state index in [1.807, 2.05) is 60.0 Å². The Labute approximate surface area is 162 Å². The van der Waals surface area contributed by atoms with Crippen LogP contribution in [-0.2, 0) is 22.4 Å². The van der Waals surface area contributed by atoms with Crippen molar-refractivity contribution in [2.45, 2.75) is 19.8 Å². The molecule has 0 radical (unpaired) electrons. The lowest BCUT2D eigenvalue weighted by Crippen LogP contribution is -2.16. The largest absolute Gasteiger partial charge is 0.465 e. The highest BCUT2D eigenvalue weighted by Gasteiger charge is 2.22. The van der Waals surface area contributed by atoms with Crippen molar-refractivity contribution >= 4 is 28.2 Å². The molecule has 0 aliphatic carbocycles. The predicted octanol–water partition coefficient (Wildman–Crippen LogP) is 4.95. The zero-order chi connectivity index (χ0) is 19.2. The van der Waals surface area contributed by atoms with Gasteiger partial charge < -0.3 is 10.1 Å². The number of aryl methyl sites for hydroxylation is 1. The van der Waals surface area contributed by atoms with Crippen LogP contribution in [0.1, 0.15) is 28.4 Å². The molecule has 0 saturated carbocycles. The van der Waals surface area contributed by atoms with Gasteiger partial charge >= 0.3 is 5.97 Å². The molecule has 2 aromatic carbocycles. The van der Waals surface area contributed by atoms with E-state index in [1.165, 1.54) is 24.0 Å². The molecule has 138 valence electrons. The summed E-state index contributed by atoms with van der Waals surface area (Å²) < 4.78 is 4.96. The first-order valence-corrected chi connectivity index (χ1v) is 9.63. The van der Waals surface area contributed by atoms with Gasteiger partial charge in [0.15, 0.2) is 0 Å². The Morgan fingerprint density at radius 1 is 1.00 bits per heavy atom. The lowest BCUT2D eigenvalue weighted by atomic mass is 10.0. The minimum atomic E-state index is -0.458. The molecule has 0 saturated heterocycles. The second-order valence-corrected chi connectivity index (χ2v) is 6.99. The quantitative estimate of drug-likeness (QED) is 0.617. The first-order chi connectivity index (χ1) is 13.1. The van der Waals surface area contributed by atoms with Gasteiger partial charge in [-0.05, 0) is 23.1 Å². The van der Waals surface area contributed by atoms with Gasteiger partial charge in [-0.1, -0.05) is 61.5 Å². The summed E-state index contributed by atoms with van der Waals surface area (Å²) in [6.45, 7) is 2.10. The van der Waals surface area contributed by atoms with E-state index in [4.69, 9.17) is 4.74 Å². The van der Waals surface area contributed by atoms with Crippen LogP contribution in [0.15, 0.2) is 60.0 Å². The van der Waals surface area contributed by atoms with Gasteiger partial charge in [-0.3, -0.25) is 4.79 Å². The zero-order valence-electron chi connectivity index (χ0n) is 15.3. The Balaban J connectivity index is 1.87. The van der Waals surface area contributed by atoms with Crippen LogP contribution in [0.4, 0.5) is 5.00 Å². The van der Waals surface area contributed by atoms with Crippen molar-refractivity contribution in [1.82, 2.24) is 0 Å². The second kappa shape index (κ2) is 8.64. The lowest BCUT2D eigenvalue weighted by molar-refractivity contribution is -0.115. The average Bonchev–Trinajstić information content (AvgIpc) is 3.11. The number of thiophene rings is 1. The molecule has 3 aromatic rings. The summed E-state index contributed by atoms with van der Waals surface area (Å²) in [4.78, 5) is 24.8. The summed E-state index contributed by atoms with van der Waals surface area (Å²) in [6, 6.07) is 17.6. The molecule has 1 N–H and O–H groups in total. The number of carbonyl (C=O) groups is 2. The molecular formula is C22H21NO3S. The van der Waals surface area contributed by atoms with E-state index in [2.05, 4.69) is 12.2 Å². The molecule has 27 heavy (non-hydrogen) atoms. The van der Waals surface area contributed by atoms with Crippen molar-refractivity contribution in [3.8, 4) is 11.1 Å². The molecule has 0 unspecified atom stereocenters. The number of carbonyl (C=O) groups excluding carboxylic acids is 2. The summed E-state index contributed by atoms with van der Waals surface area (Å²) in [6.07, 6.45) is 1.20. The van der Waals surface area contributed by atoms with Crippen molar-refractivity contribution in [2.75, 3.05) is 12.4 Å². The lowest BCUT2D eigenvalue weighted by Gasteiger charge is -2.08. The number of nitrogens with one attached hydrogen (secondary N) is 1. The Morgan fingerprint density at radius 2 is 1.70 bits per heavy atom. The van der Waals surface area contributed by atoms with Crippen LogP contribution in [0.3, 0.4) is 0 Å². The van der Waals surface area contributed by atoms with Crippen LogP contribution < -0.4 is 5.32 Å². The van der Waals surface area contributed by atoms with Crippen LogP contribution in [0, 0.1) is 0 Å². The number of hydrogen-bond donors (Lipinski definition) is 1. The Bertz CT molecular complexity index is 930. The molecule has 1 aromatic heterocycles. The van der Waals surface area contributed by atoms with Crippen LogP contribution >= 0.6 is 11.3 Å². The third kappa shape index (κ3) is 4.44. The van der Waals surface area contributed by atoms with E-state index in [9.17, 15) is 9.59 Å². The first-order valence-electron chi connectivity index (χ1n) is 8.75. The minimum absolute atomic E-state index is 0.166. The van der Waals surface area contributed by atoms with Gasteiger partial charge in [0.05, 0.1) is 13.5 Å². The molecule has 3 rings (SSSR count). The first kappa shape index (κ1) is 18.9. The summed E-state index contributed by atoms with van der Waals surface area (Å²) in [5.41, 5.74) is 4.23. The molecule has 0 aliphatic rings. The van der Waals surface area contributed by atoms with Crippen LogP contribution in [0.2, 0.25) is 0 Å². The maximum Gasteiger partial charge on any atom is 0.341 e. The Morgan fingerprint density at radius 3 is 2.33 bits per heavy atom. The van der Waals surface area contributed by atoms with Crippen LogP contribution in [0.25, 0.3) is 11.1 Å². The second-order valence-electron chi connectivity index (χ2n) is 6.11. The summed E-state index contributed by atoms with van der Waals surface area (Å²) in [5, 5.41) is 5.26. The van der Waals surface area contributed by atoms with E-state index in [0.717, 1.165) is 23.1 Å². The summed E-state index contributed by atoms with van der Waals surface area (Å²) in [7, 11) is 1.35. The molecule has 1 amide bonds. The molecule has 4 nitrogen and oxygen atoms in total. The Kier molecular flexibility index (Phi) is 6.04. The van der Waals surface area contributed by atoms with E-state index in [1.54, 1.807) is 0 Å². The van der Waals surface area contributed by atoms with Gasteiger partial charge in [-0.25, -0.2) is 4.79 Å². The van der Waals surface area contributed by atoms with Crippen molar-refractivity contribution in [1.29, 1.82) is 0 Å². The maximum atomic E-state index is 12.4. The predicted molar refractivity (Wildman–Crippen MR) is 109 cm³/mol. The van der Waals surface area contributed by atoms with E-state index in [0.29, 0.717) is 10.6 Å². The molecule has 0 aliphatic heterocycles. The van der Waals surface area contributed by atoms with Crippen molar-refractivity contribution < 1.29 is 14.3 Å². The monoisotopic (exact) mass is 379 g/mol. The van der Waals surface area contributed by atoms with E-state index in [-0.39, 0.29) is 12.3 Å². The van der Waals surface area contributed by atoms with Gasteiger partial charge in [0, 0.05) is 10.9 Å². The molecule has 0 spiro atoms. The molecule has 0 bridgehead atoms.